The summed E-state index contributed by atoms with van der Waals surface area (Å²) in [6.07, 6.45) is 0.285. The third kappa shape index (κ3) is 4.66. The second kappa shape index (κ2) is 6.07. The van der Waals surface area contributed by atoms with Crippen LogP contribution in [0, 0.1) is 0 Å². The van der Waals surface area contributed by atoms with Crippen molar-refractivity contribution in [2.45, 2.75) is 17.1 Å². The van der Waals surface area contributed by atoms with E-state index >= 15 is 0 Å². The molecule has 0 heterocycles. The molecule has 0 spiro atoms. The van der Waals surface area contributed by atoms with E-state index in [4.69, 9.17) is 16.7 Å². The first-order chi connectivity index (χ1) is 6.68. The Kier molecular flexibility index (Phi) is 5.02. The Morgan fingerprint density at radius 2 is 2.00 bits per heavy atom. The Morgan fingerprint density at radius 1 is 1.36 bits per heavy atom. The number of carbonyl (C=O) groups is 1. The van der Waals surface area contributed by atoms with Crippen molar-refractivity contribution in [3.8, 4) is 0 Å². The average Bonchev–Trinajstić information content (AvgIpc) is 2.15. The summed E-state index contributed by atoms with van der Waals surface area (Å²) in [7, 11) is 0. The first-order valence-electron chi connectivity index (χ1n) is 4.22. The van der Waals surface area contributed by atoms with Gasteiger partial charge in [-0.3, -0.25) is 0 Å². The minimum atomic E-state index is -0.706. The van der Waals surface area contributed by atoms with Crippen molar-refractivity contribution in [2.24, 2.45) is 0 Å². The van der Waals surface area contributed by atoms with Crippen molar-refractivity contribution in [1.82, 2.24) is 0 Å². The number of carboxylic acid groups (broad SMARTS) is 1. The number of rotatable bonds is 5. The molecule has 0 bridgehead atoms. The van der Waals surface area contributed by atoms with Crippen molar-refractivity contribution in [3.63, 3.8) is 0 Å². The molecular formula is C10H11ClO2Se. The van der Waals surface area contributed by atoms with Crippen LogP contribution in [-0.2, 0) is 10.1 Å². The third-order valence-electron chi connectivity index (χ3n) is 1.64. The fourth-order valence-corrected chi connectivity index (χ4v) is 2.93. The van der Waals surface area contributed by atoms with Crippen molar-refractivity contribution >= 4 is 32.5 Å². The number of hydrogen-bond donors (Lipinski definition) is 1. The molecule has 0 aromatic heterocycles. The van der Waals surface area contributed by atoms with Crippen molar-refractivity contribution < 1.29 is 9.90 Å². The quantitative estimate of drug-likeness (QED) is 0.663. The van der Waals surface area contributed by atoms with Crippen LogP contribution in [0.4, 0.5) is 0 Å². The Morgan fingerprint density at radius 3 is 2.57 bits per heavy atom. The predicted molar refractivity (Wildman–Crippen MR) is 58.0 cm³/mol. The van der Waals surface area contributed by atoms with Gasteiger partial charge in [0.1, 0.15) is 0 Å². The van der Waals surface area contributed by atoms with E-state index in [0.717, 1.165) is 15.7 Å². The molecule has 76 valence electrons. The average molecular weight is 278 g/mol. The van der Waals surface area contributed by atoms with Gasteiger partial charge in [-0.05, 0) is 0 Å². The molecule has 0 unspecified atom stereocenters. The van der Waals surface area contributed by atoms with Crippen LogP contribution in [0.25, 0.3) is 0 Å². The summed E-state index contributed by atoms with van der Waals surface area (Å²) in [6, 6.07) is 7.71. The summed E-state index contributed by atoms with van der Waals surface area (Å²) in [6.45, 7) is 0. The van der Waals surface area contributed by atoms with E-state index in [-0.39, 0.29) is 6.42 Å². The molecule has 0 radical (unpaired) electrons. The molecule has 0 aliphatic rings. The normalized spacial score (nSPS) is 10.1. The molecule has 14 heavy (non-hydrogen) atoms. The van der Waals surface area contributed by atoms with Crippen LogP contribution in [0.2, 0.25) is 10.3 Å². The monoisotopic (exact) mass is 278 g/mol. The van der Waals surface area contributed by atoms with Crippen LogP contribution in [0.5, 0.6) is 0 Å². The van der Waals surface area contributed by atoms with E-state index in [2.05, 4.69) is 0 Å². The molecule has 1 rings (SSSR count). The second-order valence-electron chi connectivity index (χ2n) is 2.82. The van der Waals surface area contributed by atoms with Crippen LogP contribution in [-0.4, -0.2) is 26.0 Å². The number of benzene rings is 1. The van der Waals surface area contributed by atoms with E-state index in [1.165, 1.54) is 5.56 Å². The molecule has 0 saturated heterocycles. The Labute approximate surface area is 94.4 Å². The first kappa shape index (κ1) is 11.6. The van der Waals surface area contributed by atoms with E-state index < -0.39 is 5.97 Å². The molecule has 0 aliphatic heterocycles. The van der Waals surface area contributed by atoms with Gasteiger partial charge in [0.25, 0.3) is 0 Å². The Hall–Kier alpha value is -0.501. The molecule has 0 aliphatic carbocycles. The number of carboxylic acids is 1. The standard InChI is InChI=1S/C10H11ClO2Se/c11-9-3-1-8(2-4-9)7-14-6-5-10(12)13/h1-4H,5-7H2,(H,12,13). The van der Waals surface area contributed by atoms with Crippen LogP contribution < -0.4 is 0 Å². The second-order valence-corrected chi connectivity index (χ2v) is 5.58. The first-order valence-corrected chi connectivity index (χ1v) is 7.02. The van der Waals surface area contributed by atoms with E-state index in [0.29, 0.717) is 15.0 Å². The fraction of sp³-hybridized carbons (Fsp3) is 0.300. The van der Waals surface area contributed by atoms with Gasteiger partial charge in [0.15, 0.2) is 0 Å². The molecule has 0 atom stereocenters. The van der Waals surface area contributed by atoms with Crippen LogP contribution in [0.15, 0.2) is 24.3 Å². The van der Waals surface area contributed by atoms with Gasteiger partial charge in [0, 0.05) is 0 Å². The van der Waals surface area contributed by atoms with Crippen molar-refractivity contribution in [1.29, 1.82) is 0 Å². The summed E-state index contributed by atoms with van der Waals surface area (Å²) in [5.74, 6) is -0.706. The maximum atomic E-state index is 10.2. The minimum absolute atomic E-state index is 0.285. The predicted octanol–water partition coefficient (Wildman–Crippen LogP) is 2.44. The maximum absolute atomic E-state index is 10.2. The van der Waals surface area contributed by atoms with Crippen molar-refractivity contribution in [3.05, 3.63) is 34.9 Å². The SMILES string of the molecule is O=C(O)CC[Se]Cc1ccc(Cl)cc1. The van der Waals surface area contributed by atoms with Gasteiger partial charge in [-0.1, -0.05) is 0 Å². The van der Waals surface area contributed by atoms with Gasteiger partial charge < -0.3 is 0 Å². The molecule has 0 fully saturated rings. The van der Waals surface area contributed by atoms with Gasteiger partial charge in [-0.25, -0.2) is 0 Å². The molecule has 1 aromatic rings. The van der Waals surface area contributed by atoms with Gasteiger partial charge in [-0.15, -0.1) is 0 Å². The summed E-state index contributed by atoms with van der Waals surface area (Å²) in [4.78, 5) is 10.2. The van der Waals surface area contributed by atoms with Crippen molar-refractivity contribution in [2.75, 3.05) is 0 Å². The summed E-state index contributed by atoms with van der Waals surface area (Å²) in [5, 5.41) is 11.0. The van der Waals surface area contributed by atoms with E-state index in [9.17, 15) is 4.79 Å². The molecular weight excluding hydrogens is 267 g/mol. The van der Waals surface area contributed by atoms with Gasteiger partial charge in [0.2, 0.25) is 0 Å². The van der Waals surface area contributed by atoms with Gasteiger partial charge in [-0.2, -0.15) is 0 Å². The number of hydrogen-bond acceptors (Lipinski definition) is 1. The summed E-state index contributed by atoms with van der Waals surface area (Å²) < 4.78 is 0. The molecule has 2 nitrogen and oxygen atoms in total. The fourth-order valence-electron chi connectivity index (χ4n) is 0.930. The van der Waals surface area contributed by atoms with Gasteiger partial charge in [0.05, 0.1) is 0 Å². The third-order valence-corrected chi connectivity index (χ3v) is 4.06. The zero-order chi connectivity index (χ0) is 10.4. The molecule has 0 saturated carbocycles. The zero-order valence-corrected chi connectivity index (χ0v) is 10.0. The molecule has 1 N–H and O–H groups in total. The van der Waals surface area contributed by atoms with Crippen LogP contribution in [0.3, 0.4) is 0 Å². The molecule has 4 heteroatoms. The Balaban J connectivity index is 2.25. The Bertz CT molecular complexity index is 297. The zero-order valence-electron chi connectivity index (χ0n) is 7.57. The van der Waals surface area contributed by atoms with Crippen LogP contribution >= 0.6 is 11.6 Å². The van der Waals surface area contributed by atoms with E-state index in [1.807, 2.05) is 24.3 Å². The van der Waals surface area contributed by atoms with Crippen LogP contribution in [0.1, 0.15) is 12.0 Å². The van der Waals surface area contributed by atoms with Gasteiger partial charge >= 0.3 is 94.3 Å². The number of halogens is 1. The molecule has 1 aromatic carbocycles. The number of aliphatic carboxylic acids is 1. The summed E-state index contributed by atoms with van der Waals surface area (Å²) >= 11 is 6.12. The molecule has 0 amide bonds. The topological polar surface area (TPSA) is 37.3 Å². The summed E-state index contributed by atoms with van der Waals surface area (Å²) in [5.41, 5.74) is 1.24. The van der Waals surface area contributed by atoms with E-state index in [1.54, 1.807) is 0 Å².